The maximum atomic E-state index is 12.3. The maximum absolute atomic E-state index is 12.3. The van der Waals surface area contributed by atoms with E-state index < -0.39 is 23.9 Å². The fraction of sp³-hybridized carbons (Fsp3) is 0.300. The average Bonchev–Trinajstić information content (AvgIpc) is 2.96. The summed E-state index contributed by atoms with van der Waals surface area (Å²) < 4.78 is 0. The van der Waals surface area contributed by atoms with Crippen LogP contribution in [0.3, 0.4) is 0 Å². The predicted octanol–water partition coefficient (Wildman–Crippen LogP) is 4.20. The molecule has 2 aromatic rings. The molecule has 2 heterocycles. The van der Waals surface area contributed by atoms with E-state index >= 15 is 0 Å². The van der Waals surface area contributed by atoms with Crippen molar-refractivity contribution in [2.24, 2.45) is 0 Å². The summed E-state index contributed by atoms with van der Waals surface area (Å²) in [5.74, 6) is -4.57. The van der Waals surface area contributed by atoms with Crippen LogP contribution in [-0.4, -0.2) is 99.7 Å². The zero-order valence-electron chi connectivity index (χ0n) is 23.6. The second-order valence-electron chi connectivity index (χ2n) is 9.49. The van der Waals surface area contributed by atoms with Crippen LogP contribution in [0.1, 0.15) is 40.7 Å². The van der Waals surface area contributed by atoms with Gasteiger partial charge >= 0.3 is 23.9 Å². The quantitative estimate of drug-likeness (QED) is 0.242. The minimum atomic E-state index is -1.26. The number of ketones is 1. The Morgan fingerprint density at radius 1 is 0.791 bits per heavy atom. The number of halogens is 1. The van der Waals surface area contributed by atoms with Crippen LogP contribution in [0, 0.1) is 0 Å². The van der Waals surface area contributed by atoms with Crippen molar-refractivity contribution in [3.8, 4) is 0 Å². The van der Waals surface area contributed by atoms with Crippen molar-refractivity contribution in [1.29, 1.82) is 0 Å². The van der Waals surface area contributed by atoms with Gasteiger partial charge in [0.15, 0.2) is 5.78 Å². The largest absolute Gasteiger partial charge is 0.478 e. The molecule has 1 fully saturated rings. The molecule has 43 heavy (non-hydrogen) atoms. The Hall–Kier alpha value is -3.97. The summed E-state index contributed by atoms with van der Waals surface area (Å²) in [6.45, 7) is 7.26. The summed E-state index contributed by atoms with van der Waals surface area (Å²) in [5, 5.41) is 32.0. The highest BCUT2D eigenvalue weighted by Crippen LogP contribution is 2.47. The zero-order chi connectivity index (χ0) is 32.1. The molecule has 0 radical (unpaired) electrons. The lowest BCUT2D eigenvalue weighted by Gasteiger charge is -2.37. The number of likely N-dealkylation sites (N-methyl/N-ethyl adjacent to an activating group) is 1. The molecule has 2 aliphatic heterocycles. The van der Waals surface area contributed by atoms with Gasteiger partial charge in [-0.05, 0) is 48.5 Å². The molecule has 0 spiro atoms. The van der Waals surface area contributed by atoms with Crippen LogP contribution < -0.4 is 0 Å². The van der Waals surface area contributed by atoms with E-state index in [4.69, 9.17) is 32.0 Å². The summed E-state index contributed by atoms with van der Waals surface area (Å²) in [6.07, 6.45) is 2.77. The van der Waals surface area contributed by atoms with Crippen LogP contribution in [0.5, 0.6) is 0 Å². The van der Waals surface area contributed by atoms with Crippen molar-refractivity contribution in [1.82, 2.24) is 9.80 Å². The molecule has 11 nitrogen and oxygen atoms in total. The first-order valence-corrected chi connectivity index (χ1v) is 14.3. The molecule has 4 N–H and O–H groups in total. The molecule has 0 bridgehead atoms. The molecule has 2 aliphatic rings. The number of rotatable bonds is 8. The molecule has 0 amide bonds. The van der Waals surface area contributed by atoms with Crippen LogP contribution in [-0.2, 0) is 19.2 Å². The molecular weight excluding hydrogens is 600 g/mol. The van der Waals surface area contributed by atoms with Crippen LogP contribution in [0.2, 0.25) is 5.02 Å². The van der Waals surface area contributed by atoms with Crippen molar-refractivity contribution in [2.75, 3.05) is 39.8 Å². The van der Waals surface area contributed by atoms with E-state index in [0.29, 0.717) is 30.7 Å². The summed E-state index contributed by atoms with van der Waals surface area (Å²) >= 11 is 8.14. The highest BCUT2D eigenvalue weighted by molar-refractivity contribution is 7.99. The highest BCUT2D eigenvalue weighted by atomic mass is 35.5. The lowest BCUT2D eigenvalue weighted by atomic mass is 9.88. The molecule has 1 unspecified atom stereocenters. The number of Topliss-reactive ketones (excluding diaryl/α,β-unsaturated/α-hetero) is 1. The van der Waals surface area contributed by atoms with E-state index in [9.17, 15) is 24.0 Å². The van der Waals surface area contributed by atoms with E-state index in [1.165, 1.54) is 20.9 Å². The van der Waals surface area contributed by atoms with Crippen molar-refractivity contribution in [3.05, 3.63) is 82.4 Å². The number of nitrogens with zero attached hydrogens (tertiary/aromatic N) is 2. The number of carbonyl (C=O) groups excluding carboxylic acids is 1. The Labute approximate surface area is 258 Å². The molecule has 13 heteroatoms. The minimum Gasteiger partial charge on any atom is -0.478 e. The Balaban J connectivity index is 0.000000334. The average molecular weight is 633 g/mol. The van der Waals surface area contributed by atoms with Gasteiger partial charge in [0.1, 0.15) is 0 Å². The van der Waals surface area contributed by atoms with E-state index in [0.717, 1.165) is 43.3 Å². The second-order valence-corrected chi connectivity index (χ2v) is 11.0. The van der Waals surface area contributed by atoms with E-state index in [1.807, 2.05) is 19.1 Å². The first-order chi connectivity index (χ1) is 20.3. The minimum absolute atomic E-state index is 0.207. The van der Waals surface area contributed by atoms with Crippen molar-refractivity contribution < 1.29 is 44.4 Å². The molecule has 4 rings (SSSR count). The standard InChI is InChI=1S/C22H25ClN2OS.2C4H4O4/c1-3-20(26)15-4-6-21-17(12-15)19(14-25-10-8-24(2)9-11-25)18-13-16(23)5-7-22(18)27-21;2*5-3(6)1-2-4(7)8/h4-7,12-13,19H,3,8-11,14H2,1-2H3;2*1-2H,(H,5,6)(H,7,8)/b;2*2-1+. The molecule has 2 aromatic carbocycles. The van der Waals surface area contributed by atoms with Gasteiger partial charge in [0.05, 0.1) is 0 Å². The van der Waals surface area contributed by atoms with Crippen molar-refractivity contribution in [3.63, 3.8) is 0 Å². The van der Waals surface area contributed by atoms with E-state index in [2.05, 4.69) is 41.1 Å². The van der Waals surface area contributed by atoms with Gasteiger partial charge in [-0.25, -0.2) is 19.2 Å². The predicted molar refractivity (Wildman–Crippen MR) is 161 cm³/mol. The number of hydrogen-bond acceptors (Lipinski definition) is 8. The van der Waals surface area contributed by atoms with Crippen LogP contribution in [0.4, 0.5) is 0 Å². The van der Waals surface area contributed by atoms with Crippen molar-refractivity contribution in [2.45, 2.75) is 29.1 Å². The smallest absolute Gasteiger partial charge is 0.328 e. The number of carbonyl (C=O) groups is 5. The number of aliphatic carboxylic acids is 4. The summed E-state index contributed by atoms with van der Waals surface area (Å²) in [5.41, 5.74) is 3.39. The number of fused-ring (bicyclic) bond motifs is 2. The fourth-order valence-corrected chi connectivity index (χ4v) is 5.56. The number of carboxylic acids is 4. The van der Waals surface area contributed by atoms with Gasteiger partial charge in [0, 0.05) is 89.7 Å². The van der Waals surface area contributed by atoms with Gasteiger partial charge in [-0.15, -0.1) is 0 Å². The molecule has 0 aliphatic carbocycles. The Morgan fingerprint density at radius 3 is 1.72 bits per heavy atom. The van der Waals surface area contributed by atoms with Gasteiger partial charge < -0.3 is 25.3 Å². The first-order valence-electron chi connectivity index (χ1n) is 13.1. The molecule has 0 aromatic heterocycles. The summed E-state index contributed by atoms with van der Waals surface area (Å²) in [7, 11) is 2.18. The third-order valence-corrected chi connectivity index (χ3v) is 7.79. The van der Waals surface area contributed by atoms with Gasteiger partial charge in [0.25, 0.3) is 0 Å². The second kappa shape index (κ2) is 17.2. The number of benzene rings is 2. The SMILES string of the molecule is CCC(=O)c1ccc2c(c1)C(CN1CCN(C)CC1)c1cc(Cl)ccc1S2.O=C(O)/C=C/C(=O)O.O=C(O)/C=C/C(=O)O. The van der Waals surface area contributed by atoms with Gasteiger partial charge in [0.2, 0.25) is 0 Å². The maximum Gasteiger partial charge on any atom is 0.328 e. The lowest BCUT2D eigenvalue weighted by Crippen LogP contribution is -2.46. The van der Waals surface area contributed by atoms with Crippen LogP contribution in [0.15, 0.2) is 70.5 Å². The molecule has 1 saturated heterocycles. The fourth-order valence-electron chi connectivity index (χ4n) is 4.23. The Kier molecular flexibility index (Phi) is 14.1. The topological polar surface area (TPSA) is 173 Å². The monoisotopic (exact) mass is 632 g/mol. The number of piperazine rings is 1. The summed E-state index contributed by atoms with van der Waals surface area (Å²) in [6, 6.07) is 12.4. The first kappa shape index (κ1) is 35.2. The third kappa shape index (κ3) is 12.0. The van der Waals surface area contributed by atoms with Crippen molar-refractivity contribution >= 4 is 53.0 Å². The van der Waals surface area contributed by atoms with E-state index in [-0.39, 0.29) is 11.7 Å². The Bertz CT molecular complexity index is 1340. The molecular formula is C30H33ClN2O9S. The molecule has 1 atom stereocenters. The molecule has 230 valence electrons. The third-order valence-electron chi connectivity index (χ3n) is 6.37. The van der Waals surface area contributed by atoms with Gasteiger partial charge in [-0.2, -0.15) is 0 Å². The molecule has 0 saturated carbocycles. The normalized spacial score (nSPS) is 16.2. The van der Waals surface area contributed by atoms with Crippen LogP contribution in [0.25, 0.3) is 0 Å². The highest BCUT2D eigenvalue weighted by Gasteiger charge is 2.29. The number of carboxylic acid groups (broad SMARTS) is 4. The number of hydrogen-bond donors (Lipinski definition) is 4. The summed E-state index contributed by atoms with van der Waals surface area (Å²) in [4.78, 5) is 58.0. The lowest BCUT2D eigenvalue weighted by molar-refractivity contribution is -0.134. The Morgan fingerprint density at radius 2 is 1.26 bits per heavy atom. The van der Waals surface area contributed by atoms with E-state index in [1.54, 1.807) is 11.8 Å². The van der Waals surface area contributed by atoms with Gasteiger partial charge in [-0.3, -0.25) is 9.69 Å². The van der Waals surface area contributed by atoms with Crippen LogP contribution >= 0.6 is 23.4 Å². The zero-order valence-corrected chi connectivity index (χ0v) is 25.2. The van der Waals surface area contributed by atoms with Gasteiger partial charge in [-0.1, -0.05) is 36.4 Å².